The Hall–Kier alpha value is -2.48. The highest BCUT2D eigenvalue weighted by atomic mass is 16.4. The van der Waals surface area contributed by atoms with E-state index in [1.807, 2.05) is 6.07 Å². The summed E-state index contributed by atoms with van der Waals surface area (Å²) in [5.41, 5.74) is 1.10. The number of carboxylic acid groups (broad SMARTS) is 1. The molecule has 0 spiro atoms. The number of amides is 2. The van der Waals surface area contributed by atoms with Gasteiger partial charge in [-0.1, -0.05) is 18.1 Å². The first-order valence-electron chi connectivity index (χ1n) is 5.79. The molecule has 1 aromatic rings. The van der Waals surface area contributed by atoms with Crippen LogP contribution in [0.2, 0.25) is 0 Å². The van der Waals surface area contributed by atoms with E-state index in [9.17, 15) is 9.59 Å². The van der Waals surface area contributed by atoms with Gasteiger partial charge in [0, 0.05) is 13.6 Å². The van der Waals surface area contributed by atoms with E-state index in [-0.39, 0.29) is 18.1 Å². The molecule has 0 aliphatic carbocycles. The number of nitrogens with zero attached hydrogens (tertiary/aromatic N) is 1. The minimum absolute atomic E-state index is 0.243. The van der Waals surface area contributed by atoms with Gasteiger partial charge in [0.15, 0.2) is 0 Å². The van der Waals surface area contributed by atoms with Gasteiger partial charge in [0.25, 0.3) is 0 Å². The van der Waals surface area contributed by atoms with Crippen LogP contribution in [0.1, 0.15) is 15.9 Å². The van der Waals surface area contributed by atoms with Gasteiger partial charge in [0.2, 0.25) is 0 Å². The molecule has 0 radical (unpaired) electrons. The number of hydrogen-bond donors (Lipinski definition) is 2. The molecule has 2 amide bonds. The molecule has 1 aromatic carbocycles. The third-order valence-electron chi connectivity index (χ3n) is 2.54. The number of carbonyl (C=O) groups excluding carboxylic acids is 1. The van der Waals surface area contributed by atoms with Gasteiger partial charge in [-0.2, -0.15) is 0 Å². The van der Waals surface area contributed by atoms with Crippen LogP contribution >= 0.6 is 0 Å². The van der Waals surface area contributed by atoms with Crippen molar-refractivity contribution in [2.75, 3.05) is 20.1 Å². The molecular formula is C14H16N2O3. The number of rotatable bonds is 5. The van der Waals surface area contributed by atoms with E-state index in [2.05, 4.69) is 11.2 Å². The lowest BCUT2D eigenvalue weighted by molar-refractivity contribution is 0.0696. The summed E-state index contributed by atoms with van der Waals surface area (Å²) in [6.07, 6.45) is 5.67. The minimum atomic E-state index is -0.959. The summed E-state index contributed by atoms with van der Waals surface area (Å²) in [6, 6.07) is 6.40. The molecule has 0 aliphatic heterocycles. The lowest BCUT2D eigenvalue weighted by atomic mass is 10.1. The second-order valence-corrected chi connectivity index (χ2v) is 4.05. The van der Waals surface area contributed by atoms with Crippen molar-refractivity contribution in [1.82, 2.24) is 10.2 Å². The molecule has 0 heterocycles. The fraction of sp³-hybridized carbons (Fsp3) is 0.286. The van der Waals surface area contributed by atoms with Gasteiger partial charge in [-0.15, -0.1) is 6.42 Å². The number of terminal acetylenes is 1. The smallest absolute Gasteiger partial charge is 0.335 e. The summed E-state index contributed by atoms with van der Waals surface area (Å²) in [7, 11) is 1.61. The molecule has 0 atom stereocenters. The molecule has 0 saturated heterocycles. The van der Waals surface area contributed by atoms with Gasteiger partial charge < -0.3 is 15.3 Å². The quantitative estimate of drug-likeness (QED) is 0.782. The van der Waals surface area contributed by atoms with Crippen LogP contribution in [-0.2, 0) is 6.42 Å². The van der Waals surface area contributed by atoms with Gasteiger partial charge in [-0.25, -0.2) is 9.59 Å². The Morgan fingerprint density at radius 3 is 2.84 bits per heavy atom. The summed E-state index contributed by atoms with van der Waals surface area (Å²) < 4.78 is 0. The monoisotopic (exact) mass is 260 g/mol. The molecule has 0 fully saturated rings. The average molecular weight is 260 g/mol. The normalized spacial score (nSPS) is 9.47. The number of nitrogens with one attached hydrogen (secondary N) is 1. The number of benzene rings is 1. The average Bonchev–Trinajstić information content (AvgIpc) is 2.39. The van der Waals surface area contributed by atoms with Crippen LogP contribution in [0.3, 0.4) is 0 Å². The molecule has 1 rings (SSSR count). The number of hydrogen-bond acceptors (Lipinski definition) is 2. The molecule has 0 bridgehead atoms. The maximum absolute atomic E-state index is 11.5. The predicted molar refractivity (Wildman–Crippen MR) is 72.0 cm³/mol. The van der Waals surface area contributed by atoms with Gasteiger partial charge in [-0.3, -0.25) is 0 Å². The van der Waals surface area contributed by atoms with Crippen molar-refractivity contribution in [2.45, 2.75) is 6.42 Å². The van der Waals surface area contributed by atoms with Crippen molar-refractivity contribution in [1.29, 1.82) is 0 Å². The van der Waals surface area contributed by atoms with E-state index in [4.69, 9.17) is 11.5 Å². The highest BCUT2D eigenvalue weighted by molar-refractivity contribution is 5.87. The van der Waals surface area contributed by atoms with Crippen LogP contribution in [0, 0.1) is 12.3 Å². The first kappa shape index (κ1) is 14.6. The third-order valence-corrected chi connectivity index (χ3v) is 2.54. The Labute approximate surface area is 112 Å². The maximum atomic E-state index is 11.5. The highest BCUT2D eigenvalue weighted by Gasteiger charge is 2.06. The van der Waals surface area contributed by atoms with Gasteiger partial charge in [0.1, 0.15) is 0 Å². The minimum Gasteiger partial charge on any atom is -0.478 e. The first-order valence-corrected chi connectivity index (χ1v) is 5.79. The van der Waals surface area contributed by atoms with Crippen molar-refractivity contribution >= 4 is 12.0 Å². The fourth-order valence-electron chi connectivity index (χ4n) is 1.52. The van der Waals surface area contributed by atoms with E-state index in [1.165, 1.54) is 11.0 Å². The Kier molecular flexibility index (Phi) is 5.42. The lowest BCUT2D eigenvalue weighted by Crippen LogP contribution is -2.38. The first-order chi connectivity index (χ1) is 9.04. The molecule has 0 aliphatic rings. The van der Waals surface area contributed by atoms with Crippen LogP contribution in [0.15, 0.2) is 24.3 Å². The summed E-state index contributed by atoms with van der Waals surface area (Å²) in [4.78, 5) is 23.7. The van der Waals surface area contributed by atoms with E-state index in [0.29, 0.717) is 13.0 Å². The van der Waals surface area contributed by atoms with E-state index in [1.54, 1.807) is 19.2 Å². The standard InChI is InChI=1S/C14H16N2O3/c1-3-9-16(2)14(19)15-8-7-11-5-4-6-12(10-11)13(17)18/h1,4-6,10H,7-9H2,2H3,(H,15,19)(H,17,18). The Morgan fingerprint density at radius 1 is 1.47 bits per heavy atom. The van der Waals surface area contributed by atoms with Crippen molar-refractivity contribution in [3.05, 3.63) is 35.4 Å². The number of urea groups is 1. The highest BCUT2D eigenvalue weighted by Crippen LogP contribution is 2.05. The Morgan fingerprint density at radius 2 is 2.21 bits per heavy atom. The maximum Gasteiger partial charge on any atom is 0.335 e. The molecule has 100 valence electrons. The van der Waals surface area contributed by atoms with Crippen LogP contribution in [0.25, 0.3) is 0 Å². The summed E-state index contributed by atoms with van der Waals surface area (Å²) in [5, 5.41) is 11.6. The van der Waals surface area contributed by atoms with Crippen LogP contribution in [-0.4, -0.2) is 42.1 Å². The van der Waals surface area contributed by atoms with E-state index in [0.717, 1.165) is 5.56 Å². The fourth-order valence-corrected chi connectivity index (χ4v) is 1.52. The topological polar surface area (TPSA) is 69.6 Å². The molecule has 19 heavy (non-hydrogen) atoms. The van der Waals surface area contributed by atoms with Crippen molar-refractivity contribution < 1.29 is 14.7 Å². The molecule has 5 nitrogen and oxygen atoms in total. The summed E-state index contributed by atoms with van der Waals surface area (Å²) in [5.74, 6) is 1.42. The molecular weight excluding hydrogens is 244 g/mol. The molecule has 0 unspecified atom stereocenters. The SMILES string of the molecule is C#CCN(C)C(=O)NCCc1cccc(C(=O)O)c1. The second kappa shape index (κ2) is 7.07. The Bertz CT molecular complexity index is 506. The van der Waals surface area contributed by atoms with Crippen molar-refractivity contribution in [2.24, 2.45) is 0 Å². The predicted octanol–water partition coefficient (Wildman–Crippen LogP) is 1.20. The summed E-state index contributed by atoms with van der Waals surface area (Å²) in [6.45, 7) is 0.678. The second-order valence-electron chi connectivity index (χ2n) is 4.05. The van der Waals surface area contributed by atoms with Crippen LogP contribution in [0.5, 0.6) is 0 Å². The molecule has 2 N–H and O–H groups in total. The number of aromatic carboxylic acids is 1. The lowest BCUT2D eigenvalue weighted by Gasteiger charge is -2.14. The zero-order chi connectivity index (χ0) is 14.3. The van der Waals surface area contributed by atoms with Crippen LogP contribution in [0.4, 0.5) is 4.79 Å². The number of carbonyl (C=O) groups is 2. The van der Waals surface area contributed by atoms with E-state index >= 15 is 0 Å². The zero-order valence-corrected chi connectivity index (χ0v) is 10.7. The van der Waals surface area contributed by atoms with Gasteiger partial charge >= 0.3 is 12.0 Å². The summed E-state index contributed by atoms with van der Waals surface area (Å²) >= 11 is 0. The molecule has 0 saturated carbocycles. The number of carboxylic acids is 1. The van der Waals surface area contributed by atoms with Gasteiger partial charge in [0.05, 0.1) is 12.1 Å². The van der Waals surface area contributed by atoms with Crippen molar-refractivity contribution in [3.63, 3.8) is 0 Å². The molecule has 5 heteroatoms. The largest absolute Gasteiger partial charge is 0.478 e. The zero-order valence-electron chi connectivity index (χ0n) is 10.7. The van der Waals surface area contributed by atoms with Gasteiger partial charge in [-0.05, 0) is 24.1 Å². The van der Waals surface area contributed by atoms with Crippen LogP contribution < -0.4 is 5.32 Å². The Balaban J connectivity index is 2.45. The van der Waals surface area contributed by atoms with E-state index < -0.39 is 5.97 Å². The molecule has 0 aromatic heterocycles. The third kappa shape index (κ3) is 4.72. The van der Waals surface area contributed by atoms with Crippen molar-refractivity contribution in [3.8, 4) is 12.3 Å².